The molecular weight excluding hydrogens is 610 g/mol. The van der Waals surface area contributed by atoms with Crippen LogP contribution in [0.5, 0.6) is 5.75 Å². The topological polar surface area (TPSA) is 178 Å². The van der Waals surface area contributed by atoms with E-state index in [1.165, 1.54) is 30.9 Å². The highest BCUT2D eigenvalue weighted by Gasteiger charge is 2.59. The van der Waals surface area contributed by atoms with E-state index in [-0.39, 0.29) is 34.9 Å². The Morgan fingerprint density at radius 3 is 2.51 bits per heavy atom. The molecule has 1 aliphatic heterocycles. The van der Waals surface area contributed by atoms with E-state index in [4.69, 9.17) is 29.0 Å². The number of hydrogen-bond acceptors (Lipinski definition) is 12. The second kappa shape index (κ2) is 13.4. The Balaban J connectivity index is 1.62. The van der Waals surface area contributed by atoms with E-state index in [0.717, 1.165) is 0 Å². The summed E-state index contributed by atoms with van der Waals surface area (Å²) in [7, 11) is -4.36. The Labute approximate surface area is 260 Å². The van der Waals surface area contributed by atoms with Gasteiger partial charge in [0.15, 0.2) is 23.2 Å². The SMILES string of the molecule is CC(C)C(=O)O[C@@H]1[C@@H](COP(=O)(N[C@@H](C)C(=O)OCC(C)(C)C)Oc2ccccc2)O[C@@H](c2cnc3c(N)ncnn23)[C@]1(C)F. The highest BCUT2D eigenvalue weighted by Crippen LogP contribution is 2.49. The van der Waals surface area contributed by atoms with Crippen molar-refractivity contribution < 1.29 is 41.8 Å². The zero-order chi connectivity index (χ0) is 33.2. The smallest absolute Gasteiger partial charge is 0.459 e. The number of benzene rings is 1. The first-order valence-electron chi connectivity index (χ1n) is 14.4. The second-order valence-corrected chi connectivity index (χ2v) is 14.2. The van der Waals surface area contributed by atoms with Gasteiger partial charge in [-0.1, -0.05) is 52.8 Å². The molecule has 1 aromatic carbocycles. The van der Waals surface area contributed by atoms with E-state index in [0.29, 0.717) is 0 Å². The third kappa shape index (κ3) is 8.15. The third-order valence-corrected chi connectivity index (χ3v) is 8.43. The number of halogens is 1. The molecule has 6 atom stereocenters. The lowest BCUT2D eigenvalue weighted by Crippen LogP contribution is -2.44. The lowest BCUT2D eigenvalue weighted by molar-refractivity contribution is -0.162. The molecule has 3 N–H and O–H groups in total. The standard InChI is InChI=1S/C29H40FN6O8P/c1-17(2)26(37)43-23-21(42-22(29(23,7)30)20-13-32-25-24(31)33-16-34-36(20)25)14-41-45(39,44-19-11-9-8-10-12-19)35-18(3)27(38)40-15-28(4,5)6/h8-13,16-18,21-23H,14-15H2,1-7H3,(H,35,39)(H2,31,33,34)/t18-,21+,22-,23+,29-,45?/m0/s1. The molecule has 0 radical (unpaired) electrons. The molecule has 1 unspecified atom stereocenters. The number of hydrogen-bond donors (Lipinski definition) is 2. The van der Waals surface area contributed by atoms with Crippen molar-refractivity contribution in [3.63, 3.8) is 0 Å². The summed E-state index contributed by atoms with van der Waals surface area (Å²) in [5, 5.41) is 6.72. The summed E-state index contributed by atoms with van der Waals surface area (Å²) in [5.41, 5.74) is 3.63. The molecule has 0 bridgehead atoms. The Bertz CT molecular complexity index is 1550. The molecule has 14 nitrogen and oxygen atoms in total. The molecule has 1 aliphatic rings. The Morgan fingerprint density at radius 1 is 1.18 bits per heavy atom. The van der Waals surface area contributed by atoms with Gasteiger partial charge >= 0.3 is 19.7 Å². The van der Waals surface area contributed by atoms with Gasteiger partial charge in [-0.25, -0.2) is 23.4 Å². The Hall–Kier alpha value is -3.65. The molecule has 1 fully saturated rings. The van der Waals surface area contributed by atoms with Gasteiger partial charge in [-0.15, -0.1) is 0 Å². The Kier molecular flexibility index (Phi) is 10.2. The van der Waals surface area contributed by atoms with Crippen molar-refractivity contribution in [2.45, 2.75) is 78.5 Å². The van der Waals surface area contributed by atoms with Gasteiger partial charge in [0.25, 0.3) is 0 Å². The Morgan fingerprint density at radius 2 is 1.87 bits per heavy atom. The number of carbonyl (C=O) groups excluding carboxylic acids is 2. The summed E-state index contributed by atoms with van der Waals surface area (Å²) in [6.45, 7) is 11.1. The summed E-state index contributed by atoms with van der Waals surface area (Å²) in [5.74, 6) is -1.71. The van der Waals surface area contributed by atoms with Crippen LogP contribution in [0.2, 0.25) is 0 Å². The van der Waals surface area contributed by atoms with Crippen molar-refractivity contribution in [1.29, 1.82) is 0 Å². The number of alkyl halides is 1. The third-order valence-electron chi connectivity index (χ3n) is 6.79. The molecule has 3 heterocycles. The minimum atomic E-state index is -4.36. The van der Waals surface area contributed by atoms with Crippen LogP contribution in [-0.2, 0) is 32.9 Å². The molecule has 0 saturated carbocycles. The first kappa shape index (κ1) is 34.2. The van der Waals surface area contributed by atoms with Crippen LogP contribution in [0.1, 0.15) is 60.3 Å². The van der Waals surface area contributed by atoms with E-state index >= 15 is 4.39 Å². The van der Waals surface area contributed by atoms with Crippen LogP contribution in [0.3, 0.4) is 0 Å². The zero-order valence-corrected chi connectivity index (χ0v) is 27.2. The molecule has 16 heteroatoms. The summed E-state index contributed by atoms with van der Waals surface area (Å²) in [6.07, 6.45) is -1.64. The van der Waals surface area contributed by atoms with E-state index in [1.807, 2.05) is 20.8 Å². The van der Waals surface area contributed by atoms with Gasteiger partial charge in [-0.3, -0.25) is 14.1 Å². The van der Waals surface area contributed by atoms with Gasteiger partial charge in [0, 0.05) is 0 Å². The van der Waals surface area contributed by atoms with Crippen LogP contribution >= 0.6 is 7.75 Å². The lowest BCUT2D eigenvalue weighted by Gasteiger charge is -2.28. The predicted octanol–water partition coefficient (Wildman–Crippen LogP) is 4.21. The number of fused-ring (bicyclic) bond motifs is 1. The summed E-state index contributed by atoms with van der Waals surface area (Å²) < 4.78 is 60.7. The number of nitrogen functional groups attached to an aromatic ring is 1. The largest absolute Gasteiger partial charge is 0.464 e. The second-order valence-electron chi connectivity index (χ2n) is 12.5. The van der Waals surface area contributed by atoms with Crippen LogP contribution < -0.4 is 15.3 Å². The molecule has 2 aromatic heterocycles. The number of nitrogens with zero attached hydrogens (tertiary/aromatic N) is 4. The van der Waals surface area contributed by atoms with E-state index < -0.39 is 62.2 Å². The fraction of sp³-hybridized carbons (Fsp3) is 0.552. The zero-order valence-electron chi connectivity index (χ0n) is 26.3. The minimum absolute atomic E-state index is 0.0673. The maximum atomic E-state index is 16.7. The van der Waals surface area contributed by atoms with Gasteiger partial charge in [0.1, 0.15) is 30.3 Å². The summed E-state index contributed by atoms with van der Waals surface area (Å²) in [4.78, 5) is 33.5. The highest BCUT2D eigenvalue weighted by molar-refractivity contribution is 7.52. The van der Waals surface area contributed by atoms with Crippen molar-refractivity contribution >= 4 is 31.2 Å². The number of ether oxygens (including phenoxy) is 3. The fourth-order valence-corrected chi connectivity index (χ4v) is 5.95. The predicted molar refractivity (Wildman–Crippen MR) is 161 cm³/mol. The first-order chi connectivity index (χ1) is 21.0. The normalized spacial score (nSPS) is 23.9. The summed E-state index contributed by atoms with van der Waals surface area (Å²) in [6, 6.07) is 7.03. The van der Waals surface area contributed by atoms with E-state index in [1.54, 1.807) is 44.2 Å². The number of carbonyl (C=O) groups is 2. The molecular formula is C29H40FN6O8P. The monoisotopic (exact) mass is 650 g/mol. The van der Waals surface area contributed by atoms with Crippen LogP contribution in [-0.4, -0.2) is 68.7 Å². The number of anilines is 1. The number of nitrogens with one attached hydrogen (secondary N) is 1. The van der Waals surface area contributed by atoms with Gasteiger partial charge in [0.05, 0.1) is 31.0 Å². The van der Waals surface area contributed by atoms with Crippen molar-refractivity contribution in [1.82, 2.24) is 24.7 Å². The maximum absolute atomic E-state index is 16.7. The number of imidazole rings is 1. The molecule has 0 aliphatic carbocycles. The van der Waals surface area contributed by atoms with Gasteiger partial charge in [0.2, 0.25) is 0 Å². The number of nitrogens with two attached hydrogens (primary N) is 1. The van der Waals surface area contributed by atoms with Gasteiger partial charge in [-0.2, -0.15) is 10.2 Å². The molecule has 4 rings (SSSR count). The number of aromatic nitrogens is 4. The molecule has 0 amide bonds. The van der Waals surface area contributed by atoms with Crippen molar-refractivity contribution in [3.8, 4) is 5.75 Å². The molecule has 246 valence electrons. The average molecular weight is 651 g/mol. The molecule has 1 saturated heterocycles. The van der Waals surface area contributed by atoms with Crippen LogP contribution in [0.4, 0.5) is 10.2 Å². The minimum Gasteiger partial charge on any atom is -0.464 e. The lowest BCUT2D eigenvalue weighted by atomic mass is 9.93. The molecule has 45 heavy (non-hydrogen) atoms. The maximum Gasteiger partial charge on any atom is 0.459 e. The van der Waals surface area contributed by atoms with Crippen LogP contribution in [0.25, 0.3) is 5.65 Å². The summed E-state index contributed by atoms with van der Waals surface area (Å²) >= 11 is 0. The van der Waals surface area contributed by atoms with Crippen LogP contribution in [0, 0.1) is 11.3 Å². The highest BCUT2D eigenvalue weighted by atomic mass is 31.2. The molecule has 3 aromatic rings. The van der Waals surface area contributed by atoms with E-state index in [9.17, 15) is 14.2 Å². The first-order valence-corrected chi connectivity index (χ1v) is 16.0. The molecule has 0 spiro atoms. The van der Waals surface area contributed by atoms with Gasteiger partial charge in [-0.05, 0) is 31.4 Å². The van der Waals surface area contributed by atoms with Crippen LogP contribution in [0.15, 0.2) is 42.9 Å². The average Bonchev–Trinajstić information content (AvgIpc) is 3.49. The van der Waals surface area contributed by atoms with Crippen molar-refractivity contribution in [2.75, 3.05) is 18.9 Å². The fourth-order valence-electron chi connectivity index (χ4n) is 4.45. The number of esters is 2. The van der Waals surface area contributed by atoms with Crippen molar-refractivity contribution in [2.24, 2.45) is 11.3 Å². The number of para-hydroxylation sites is 1. The number of rotatable bonds is 12. The van der Waals surface area contributed by atoms with Crippen molar-refractivity contribution in [3.05, 3.63) is 48.5 Å². The van der Waals surface area contributed by atoms with Gasteiger partial charge < -0.3 is 24.5 Å². The van der Waals surface area contributed by atoms with E-state index in [2.05, 4.69) is 20.2 Å². The quantitative estimate of drug-likeness (QED) is 0.211.